The van der Waals surface area contributed by atoms with E-state index in [-0.39, 0.29) is 15.8 Å². The number of pyridine rings is 1. The highest BCUT2D eigenvalue weighted by atomic mass is 35.5. The van der Waals surface area contributed by atoms with Crippen LogP contribution in [0, 0.1) is 11.7 Å². The largest absolute Gasteiger partial charge is 0.478 e. The summed E-state index contributed by atoms with van der Waals surface area (Å²) in [5.74, 6) is -1.11. The molecule has 0 bridgehead atoms. The molecule has 6 nitrogen and oxygen atoms in total. The SMILES string of the molecule is CCOc1ccc([C@]2(C)N=C3SC(C(=O)O)=C(C(C)C)N3[C@@H]2c2ccc(Cl)c(F)c2)cn1. The molecule has 4 rings (SSSR count). The molecule has 0 saturated carbocycles. The highest BCUT2D eigenvalue weighted by Gasteiger charge is 2.53. The Hall–Kier alpha value is -2.58. The predicted molar refractivity (Wildman–Crippen MR) is 123 cm³/mol. The summed E-state index contributed by atoms with van der Waals surface area (Å²) < 4.78 is 20.0. The molecule has 9 heteroatoms. The Morgan fingerprint density at radius 2 is 2.12 bits per heavy atom. The Balaban J connectivity index is 1.89. The Morgan fingerprint density at radius 1 is 1.38 bits per heavy atom. The van der Waals surface area contributed by atoms with Crippen LogP contribution in [0.25, 0.3) is 0 Å². The normalized spacial score (nSPS) is 22.4. The van der Waals surface area contributed by atoms with Gasteiger partial charge >= 0.3 is 5.97 Å². The van der Waals surface area contributed by atoms with Crippen molar-refractivity contribution in [2.75, 3.05) is 6.61 Å². The number of rotatable bonds is 6. The van der Waals surface area contributed by atoms with Crippen molar-refractivity contribution < 1.29 is 19.0 Å². The first kappa shape index (κ1) is 22.6. The Labute approximate surface area is 195 Å². The number of halogens is 2. The Kier molecular flexibility index (Phi) is 5.94. The molecule has 2 aliphatic rings. The number of aromatic nitrogens is 1. The fraction of sp³-hybridized carbons (Fsp3) is 0.348. The highest BCUT2D eigenvalue weighted by Crippen LogP contribution is 2.56. The van der Waals surface area contributed by atoms with Gasteiger partial charge in [0.2, 0.25) is 5.88 Å². The average Bonchev–Trinajstić information content (AvgIpc) is 3.24. The van der Waals surface area contributed by atoms with Crippen LogP contribution in [0.2, 0.25) is 5.02 Å². The lowest BCUT2D eigenvalue weighted by molar-refractivity contribution is -0.131. The zero-order valence-corrected chi connectivity index (χ0v) is 19.7. The van der Waals surface area contributed by atoms with Crippen molar-refractivity contribution in [2.45, 2.75) is 39.3 Å². The van der Waals surface area contributed by atoms with Gasteiger partial charge in [-0.05, 0) is 55.3 Å². The smallest absolute Gasteiger partial charge is 0.344 e. The molecule has 0 amide bonds. The number of aliphatic imine (C=N–C) groups is 1. The van der Waals surface area contributed by atoms with E-state index in [2.05, 4.69) is 4.98 Å². The van der Waals surface area contributed by atoms with Crippen LogP contribution in [-0.2, 0) is 10.3 Å². The van der Waals surface area contributed by atoms with Crippen molar-refractivity contribution in [3.8, 4) is 5.88 Å². The first-order valence-corrected chi connectivity index (χ1v) is 11.5. The van der Waals surface area contributed by atoms with Gasteiger partial charge in [0.25, 0.3) is 0 Å². The van der Waals surface area contributed by atoms with Crippen molar-refractivity contribution in [1.29, 1.82) is 0 Å². The van der Waals surface area contributed by atoms with Gasteiger partial charge in [-0.3, -0.25) is 0 Å². The Morgan fingerprint density at radius 3 is 2.69 bits per heavy atom. The number of aliphatic carboxylic acids is 1. The van der Waals surface area contributed by atoms with E-state index in [1.807, 2.05) is 38.7 Å². The lowest BCUT2D eigenvalue weighted by Crippen LogP contribution is -2.36. The van der Waals surface area contributed by atoms with Crippen LogP contribution in [0.15, 0.2) is 52.1 Å². The van der Waals surface area contributed by atoms with E-state index in [9.17, 15) is 14.3 Å². The number of amidine groups is 1. The lowest BCUT2D eigenvalue weighted by Gasteiger charge is -2.36. The van der Waals surface area contributed by atoms with Gasteiger partial charge < -0.3 is 14.7 Å². The molecule has 2 aromatic rings. The second-order valence-corrected chi connectivity index (χ2v) is 9.47. The fourth-order valence-corrected chi connectivity index (χ4v) is 5.59. The molecule has 168 valence electrons. The number of hydrogen-bond acceptors (Lipinski definition) is 6. The number of carbonyl (C=O) groups is 1. The topological polar surface area (TPSA) is 75.0 Å². The summed E-state index contributed by atoms with van der Waals surface area (Å²) in [6.45, 7) is 8.22. The third-order valence-electron chi connectivity index (χ3n) is 5.62. The summed E-state index contributed by atoms with van der Waals surface area (Å²) in [6.07, 6.45) is 1.71. The maximum Gasteiger partial charge on any atom is 0.344 e. The van der Waals surface area contributed by atoms with Gasteiger partial charge in [0.1, 0.15) is 16.3 Å². The molecule has 0 fully saturated rings. The van der Waals surface area contributed by atoms with Gasteiger partial charge in [0.05, 0.1) is 17.7 Å². The molecule has 2 aliphatic heterocycles. The van der Waals surface area contributed by atoms with Crippen molar-refractivity contribution in [2.24, 2.45) is 10.9 Å². The molecule has 1 N–H and O–H groups in total. The maximum absolute atomic E-state index is 14.5. The quantitative estimate of drug-likeness (QED) is 0.586. The van der Waals surface area contributed by atoms with Gasteiger partial charge in [-0.15, -0.1) is 0 Å². The summed E-state index contributed by atoms with van der Waals surface area (Å²) >= 11 is 7.08. The molecule has 3 heterocycles. The first-order valence-electron chi connectivity index (χ1n) is 10.3. The molecular weight excluding hydrogens is 453 g/mol. The number of fused-ring (bicyclic) bond motifs is 1. The average molecular weight is 476 g/mol. The van der Waals surface area contributed by atoms with Crippen molar-refractivity contribution in [3.05, 3.63) is 69.1 Å². The summed E-state index contributed by atoms with van der Waals surface area (Å²) in [5, 5.41) is 10.4. The van der Waals surface area contributed by atoms with Gasteiger partial charge in [0.15, 0.2) is 5.17 Å². The summed E-state index contributed by atoms with van der Waals surface area (Å²) in [5.41, 5.74) is 1.27. The fourth-order valence-electron chi connectivity index (χ4n) is 4.23. The molecule has 0 spiro atoms. The zero-order chi connectivity index (χ0) is 23.2. The van der Waals surface area contributed by atoms with Crippen LogP contribution in [0.5, 0.6) is 5.88 Å². The second kappa shape index (κ2) is 8.41. The number of hydrogen-bond donors (Lipinski definition) is 1. The number of ether oxygens (including phenoxy) is 1. The van der Waals surface area contributed by atoms with Crippen LogP contribution in [-0.4, -0.2) is 32.7 Å². The molecule has 0 unspecified atom stereocenters. The minimum absolute atomic E-state index is 0.0268. The number of carboxylic acids is 1. The zero-order valence-electron chi connectivity index (χ0n) is 18.1. The molecule has 0 radical (unpaired) electrons. The van der Waals surface area contributed by atoms with Crippen LogP contribution < -0.4 is 4.74 Å². The van der Waals surface area contributed by atoms with Crippen LogP contribution in [0.4, 0.5) is 4.39 Å². The monoisotopic (exact) mass is 475 g/mol. The van der Waals surface area contributed by atoms with Crippen molar-refractivity contribution >= 4 is 34.5 Å². The summed E-state index contributed by atoms with van der Waals surface area (Å²) in [7, 11) is 0. The highest BCUT2D eigenvalue weighted by molar-refractivity contribution is 8.18. The predicted octanol–water partition coefficient (Wildman–Crippen LogP) is 5.60. The summed E-state index contributed by atoms with van der Waals surface area (Å²) in [6, 6.07) is 7.86. The third-order valence-corrected chi connectivity index (χ3v) is 6.99. The van der Waals surface area contributed by atoms with E-state index in [1.165, 1.54) is 12.1 Å². The molecule has 2 atom stereocenters. The van der Waals surface area contributed by atoms with E-state index < -0.39 is 23.4 Å². The number of carboxylic acid groups (broad SMARTS) is 1. The molecule has 0 aliphatic carbocycles. The van der Waals surface area contributed by atoms with Crippen LogP contribution in [0.3, 0.4) is 0 Å². The van der Waals surface area contributed by atoms with E-state index in [1.54, 1.807) is 18.3 Å². The van der Waals surface area contributed by atoms with E-state index in [0.29, 0.717) is 28.9 Å². The van der Waals surface area contributed by atoms with Crippen molar-refractivity contribution in [3.63, 3.8) is 0 Å². The number of allylic oxidation sites excluding steroid dienone is 1. The Bertz CT molecular complexity index is 1140. The van der Waals surface area contributed by atoms with Gasteiger partial charge in [-0.1, -0.05) is 31.5 Å². The van der Waals surface area contributed by atoms with Gasteiger partial charge in [0, 0.05) is 23.5 Å². The summed E-state index contributed by atoms with van der Waals surface area (Å²) in [4.78, 5) is 23.5. The number of thioether (sulfide) groups is 1. The van der Waals surface area contributed by atoms with E-state index >= 15 is 0 Å². The van der Waals surface area contributed by atoms with Gasteiger partial charge in [-0.2, -0.15) is 0 Å². The minimum Gasteiger partial charge on any atom is -0.478 e. The molecular formula is C23H23ClFN3O3S. The number of nitrogens with zero attached hydrogens (tertiary/aromatic N) is 3. The number of benzene rings is 1. The van der Waals surface area contributed by atoms with Gasteiger partial charge in [-0.25, -0.2) is 19.2 Å². The minimum atomic E-state index is -0.999. The molecule has 0 saturated heterocycles. The second-order valence-electron chi connectivity index (χ2n) is 8.08. The van der Waals surface area contributed by atoms with E-state index in [0.717, 1.165) is 17.3 Å². The van der Waals surface area contributed by atoms with Crippen molar-refractivity contribution in [1.82, 2.24) is 9.88 Å². The molecule has 32 heavy (non-hydrogen) atoms. The molecule has 1 aromatic heterocycles. The first-order chi connectivity index (χ1) is 15.2. The standard InChI is InChI=1S/C23H23ClFN3O3S/c1-5-31-17-9-7-14(11-26-17)23(4)20(13-6-8-15(24)16(25)10-13)28-18(12(2)3)19(21(29)30)32-22(28)27-23/h6-12,20H,5H2,1-4H3,(H,29,30)/t20-,23+/m1/s1. The van der Waals surface area contributed by atoms with E-state index in [4.69, 9.17) is 21.3 Å². The maximum atomic E-state index is 14.5. The van der Waals surface area contributed by atoms with Crippen LogP contribution >= 0.6 is 23.4 Å². The lowest BCUT2D eigenvalue weighted by atomic mass is 9.81. The molecule has 1 aromatic carbocycles. The van der Waals surface area contributed by atoms with Crippen LogP contribution in [0.1, 0.15) is 44.9 Å². The third kappa shape index (κ3) is 3.65.